The van der Waals surface area contributed by atoms with Gasteiger partial charge < -0.3 is 10.8 Å². The Morgan fingerprint density at radius 3 is 2.46 bits per heavy atom. The van der Waals surface area contributed by atoms with Gasteiger partial charge in [-0.2, -0.15) is 5.11 Å². The first kappa shape index (κ1) is 16.0. The van der Waals surface area contributed by atoms with Crippen LogP contribution in [-0.4, -0.2) is 5.11 Å². The Kier molecular flexibility index (Phi) is 4.21. The molecule has 0 aliphatic heterocycles. The van der Waals surface area contributed by atoms with E-state index in [-0.39, 0.29) is 5.75 Å². The normalized spacial score (nSPS) is 11.5. The molecule has 0 spiro atoms. The molecule has 0 aliphatic rings. The van der Waals surface area contributed by atoms with Crippen LogP contribution in [-0.2, 0) is 6.42 Å². The van der Waals surface area contributed by atoms with Crippen LogP contribution in [0.3, 0.4) is 0 Å². The Labute approximate surface area is 141 Å². The number of rotatable bonds is 3. The van der Waals surface area contributed by atoms with E-state index >= 15 is 0 Å². The van der Waals surface area contributed by atoms with Crippen molar-refractivity contribution in [1.29, 1.82) is 0 Å². The molecule has 122 valence electrons. The molecule has 0 fully saturated rings. The number of aromatic hydroxyl groups is 1. The van der Waals surface area contributed by atoms with Crippen molar-refractivity contribution in [2.45, 2.75) is 27.2 Å². The molecule has 4 nitrogen and oxygen atoms in total. The monoisotopic (exact) mass is 319 g/mol. The number of nitrogens with zero attached hydrogens (tertiary/aromatic N) is 2. The Morgan fingerprint density at radius 2 is 1.75 bits per heavy atom. The van der Waals surface area contributed by atoms with Crippen LogP contribution in [0.4, 0.5) is 17.1 Å². The number of phenols is 1. The lowest BCUT2D eigenvalue weighted by molar-refractivity contribution is 0.475. The average Bonchev–Trinajstić information content (AvgIpc) is 2.56. The zero-order valence-electron chi connectivity index (χ0n) is 14.2. The highest BCUT2D eigenvalue weighted by Gasteiger charge is 2.14. The zero-order valence-corrected chi connectivity index (χ0v) is 14.2. The summed E-state index contributed by atoms with van der Waals surface area (Å²) in [5.74, 6) is 0.249. The molecule has 24 heavy (non-hydrogen) atoms. The van der Waals surface area contributed by atoms with Gasteiger partial charge in [0.05, 0.1) is 16.8 Å². The van der Waals surface area contributed by atoms with Crippen LogP contribution in [0.1, 0.15) is 23.6 Å². The second-order valence-corrected chi connectivity index (χ2v) is 5.96. The average molecular weight is 319 g/mol. The van der Waals surface area contributed by atoms with Crippen LogP contribution >= 0.6 is 0 Å². The van der Waals surface area contributed by atoms with Crippen molar-refractivity contribution in [3.05, 3.63) is 59.2 Å². The lowest BCUT2D eigenvalue weighted by atomic mass is 9.97. The van der Waals surface area contributed by atoms with Crippen LogP contribution in [0, 0.1) is 13.8 Å². The van der Waals surface area contributed by atoms with E-state index in [1.54, 1.807) is 6.07 Å². The van der Waals surface area contributed by atoms with Gasteiger partial charge in [-0.15, -0.1) is 5.11 Å². The Bertz CT molecular complexity index is 945. The number of hydrogen-bond acceptors (Lipinski definition) is 4. The van der Waals surface area contributed by atoms with E-state index in [0.717, 1.165) is 34.2 Å². The molecule has 0 heterocycles. The van der Waals surface area contributed by atoms with Crippen molar-refractivity contribution in [2.24, 2.45) is 10.2 Å². The number of fused-ring (bicyclic) bond motifs is 1. The number of hydrogen-bond donors (Lipinski definition) is 2. The third-order valence-corrected chi connectivity index (χ3v) is 4.34. The Morgan fingerprint density at radius 1 is 1.00 bits per heavy atom. The summed E-state index contributed by atoms with van der Waals surface area (Å²) in [6.45, 7) is 6.01. The maximum Gasteiger partial charge on any atom is 0.129 e. The van der Waals surface area contributed by atoms with Crippen LogP contribution in [0.15, 0.2) is 52.7 Å². The number of azo groups is 1. The number of nitrogen functional groups attached to an aromatic ring is 1. The summed E-state index contributed by atoms with van der Waals surface area (Å²) >= 11 is 0. The van der Waals surface area contributed by atoms with E-state index < -0.39 is 0 Å². The molecule has 0 saturated carbocycles. The molecular weight excluding hydrogens is 298 g/mol. The van der Waals surface area contributed by atoms with Gasteiger partial charge in [-0.1, -0.05) is 37.3 Å². The lowest BCUT2D eigenvalue weighted by Crippen LogP contribution is -1.92. The highest BCUT2D eigenvalue weighted by Crippen LogP contribution is 2.42. The third-order valence-electron chi connectivity index (χ3n) is 4.34. The molecule has 0 radical (unpaired) electrons. The summed E-state index contributed by atoms with van der Waals surface area (Å²) in [5, 5.41) is 21.0. The Hall–Kier alpha value is -2.88. The summed E-state index contributed by atoms with van der Waals surface area (Å²) in [4.78, 5) is 0. The summed E-state index contributed by atoms with van der Waals surface area (Å²) in [6, 6.07) is 13.5. The van der Waals surface area contributed by atoms with Gasteiger partial charge in [0.2, 0.25) is 0 Å². The van der Waals surface area contributed by atoms with Crippen molar-refractivity contribution in [1.82, 2.24) is 0 Å². The van der Waals surface area contributed by atoms with Crippen molar-refractivity contribution in [3.8, 4) is 5.75 Å². The van der Waals surface area contributed by atoms with Crippen molar-refractivity contribution >= 4 is 27.8 Å². The van der Waals surface area contributed by atoms with Gasteiger partial charge in [-0.25, -0.2) is 0 Å². The van der Waals surface area contributed by atoms with Gasteiger partial charge in [0.25, 0.3) is 0 Å². The van der Waals surface area contributed by atoms with Gasteiger partial charge in [-0.3, -0.25) is 0 Å². The fraction of sp³-hybridized carbons (Fsp3) is 0.200. The number of phenolic OH excluding ortho intramolecular Hbond substituents is 1. The fourth-order valence-corrected chi connectivity index (χ4v) is 2.98. The van der Waals surface area contributed by atoms with Crippen LogP contribution in [0.25, 0.3) is 10.8 Å². The molecule has 3 aromatic carbocycles. The SMILES string of the molecule is CCc1c(C)cc2ccc(N)c(N=Nc3ccccc3C)c2c1O. The molecule has 4 heteroatoms. The van der Waals surface area contributed by atoms with Crippen molar-refractivity contribution < 1.29 is 5.11 Å². The fourth-order valence-electron chi connectivity index (χ4n) is 2.98. The standard InChI is InChI=1S/C20H21N3O/c1-4-15-13(3)11-14-9-10-16(21)19(18(14)20(15)24)23-22-17-8-6-5-7-12(17)2/h5-11,24H,4,21H2,1-3H3. The summed E-state index contributed by atoms with van der Waals surface area (Å²) in [7, 11) is 0. The molecule has 0 atom stereocenters. The lowest BCUT2D eigenvalue weighted by Gasteiger charge is -2.13. The molecule has 0 aliphatic carbocycles. The molecule has 0 saturated heterocycles. The van der Waals surface area contributed by atoms with Gasteiger partial charge >= 0.3 is 0 Å². The van der Waals surface area contributed by atoms with E-state index in [9.17, 15) is 5.11 Å². The molecule has 0 aromatic heterocycles. The van der Waals surface area contributed by atoms with E-state index in [2.05, 4.69) is 16.3 Å². The highest BCUT2D eigenvalue weighted by atomic mass is 16.3. The minimum Gasteiger partial charge on any atom is -0.507 e. The maximum absolute atomic E-state index is 10.7. The van der Waals surface area contributed by atoms with Gasteiger partial charge in [0, 0.05) is 0 Å². The van der Waals surface area contributed by atoms with Crippen LogP contribution in [0.5, 0.6) is 5.75 Å². The van der Waals surface area contributed by atoms with E-state index in [0.29, 0.717) is 16.8 Å². The minimum absolute atomic E-state index is 0.249. The second kappa shape index (κ2) is 6.32. The van der Waals surface area contributed by atoms with E-state index in [1.165, 1.54) is 0 Å². The first-order valence-corrected chi connectivity index (χ1v) is 8.04. The van der Waals surface area contributed by atoms with Gasteiger partial charge in [0.15, 0.2) is 0 Å². The Balaban J connectivity index is 2.24. The summed E-state index contributed by atoms with van der Waals surface area (Å²) in [6.07, 6.45) is 0.747. The quantitative estimate of drug-likeness (QED) is 0.478. The molecular formula is C20H21N3O. The minimum atomic E-state index is 0.249. The number of nitrogens with two attached hydrogens (primary N) is 1. The first-order chi connectivity index (χ1) is 11.5. The number of benzene rings is 3. The summed E-state index contributed by atoms with van der Waals surface area (Å²) in [5.41, 5.74) is 10.9. The van der Waals surface area contributed by atoms with E-state index in [4.69, 9.17) is 5.73 Å². The highest BCUT2D eigenvalue weighted by molar-refractivity contribution is 6.03. The molecule has 3 N–H and O–H groups in total. The maximum atomic E-state index is 10.7. The molecule has 0 amide bonds. The van der Waals surface area contributed by atoms with Crippen LogP contribution < -0.4 is 5.73 Å². The molecule has 0 bridgehead atoms. The third kappa shape index (κ3) is 2.71. The topological polar surface area (TPSA) is 71.0 Å². The largest absolute Gasteiger partial charge is 0.507 e. The van der Waals surface area contributed by atoms with Crippen LogP contribution in [0.2, 0.25) is 0 Å². The molecule has 3 aromatic rings. The smallest absolute Gasteiger partial charge is 0.129 e. The first-order valence-electron chi connectivity index (χ1n) is 8.04. The molecule has 3 rings (SSSR count). The van der Waals surface area contributed by atoms with Gasteiger partial charge in [0.1, 0.15) is 11.4 Å². The predicted octanol–water partition coefficient (Wildman–Crippen LogP) is 5.72. The summed E-state index contributed by atoms with van der Waals surface area (Å²) < 4.78 is 0. The zero-order chi connectivity index (χ0) is 17.3. The van der Waals surface area contributed by atoms with Crippen molar-refractivity contribution in [3.63, 3.8) is 0 Å². The predicted molar refractivity (Wildman–Crippen MR) is 99.5 cm³/mol. The van der Waals surface area contributed by atoms with E-state index in [1.807, 2.05) is 51.1 Å². The molecule has 0 unspecified atom stereocenters. The number of aryl methyl sites for hydroxylation is 2. The van der Waals surface area contributed by atoms with Crippen molar-refractivity contribution in [2.75, 3.05) is 5.73 Å². The number of anilines is 1. The second-order valence-electron chi connectivity index (χ2n) is 5.96. The van der Waals surface area contributed by atoms with Gasteiger partial charge in [-0.05, 0) is 54.5 Å².